The Morgan fingerprint density at radius 3 is 2.63 bits per heavy atom. The molecule has 1 unspecified atom stereocenters. The van der Waals surface area contributed by atoms with E-state index in [0.29, 0.717) is 6.04 Å². The summed E-state index contributed by atoms with van der Waals surface area (Å²) in [4.78, 5) is 0. The minimum atomic E-state index is 0.616. The standard InChI is InChI=1S/C17H25NS/c1-12-3-4-13-5-10-17(16(13)11-12)18-14-6-8-15(19-2)9-7-14/h3-4,11,14-15,17-18H,5-10H2,1-2H3. The van der Waals surface area contributed by atoms with Crippen molar-refractivity contribution < 1.29 is 0 Å². The van der Waals surface area contributed by atoms with Crippen LogP contribution in [0.25, 0.3) is 0 Å². The van der Waals surface area contributed by atoms with Gasteiger partial charge in [-0.3, -0.25) is 0 Å². The summed E-state index contributed by atoms with van der Waals surface area (Å²) in [6.07, 6.45) is 10.3. The first-order valence-corrected chi connectivity index (χ1v) is 8.93. The summed E-state index contributed by atoms with van der Waals surface area (Å²) in [7, 11) is 0. The summed E-state index contributed by atoms with van der Waals surface area (Å²) < 4.78 is 0. The number of fused-ring (bicyclic) bond motifs is 1. The minimum Gasteiger partial charge on any atom is -0.307 e. The van der Waals surface area contributed by atoms with Gasteiger partial charge in [0.05, 0.1) is 0 Å². The average Bonchev–Trinajstić information content (AvgIpc) is 2.82. The highest BCUT2D eigenvalue weighted by atomic mass is 32.2. The van der Waals surface area contributed by atoms with Gasteiger partial charge in [0.25, 0.3) is 0 Å². The molecule has 0 amide bonds. The molecule has 0 radical (unpaired) electrons. The number of thioether (sulfide) groups is 1. The molecule has 1 N–H and O–H groups in total. The number of benzene rings is 1. The third kappa shape index (κ3) is 3.00. The van der Waals surface area contributed by atoms with Crippen LogP contribution in [0.3, 0.4) is 0 Å². The summed E-state index contributed by atoms with van der Waals surface area (Å²) in [6.45, 7) is 2.21. The first-order chi connectivity index (χ1) is 9.26. The van der Waals surface area contributed by atoms with Crippen molar-refractivity contribution in [3.05, 3.63) is 34.9 Å². The van der Waals surface area contributed by atoms with Gasteiger partial charge in [0.1, 0.15) is 0 Å². The molecule has 2 aliphatic rings. The van der Waals surface area contributed by atoms with Crippen molar-refractivity contribution >= 4 is 11.8 Å². The summed E-state index contributed by atoms with van der Waals surface area (Å²) in [5, 5.41) is 4.85. The van der Waals surface area contributed by atoms with Crippen molar-refractivity contribution in [1.82, 2.24) is 5.32 Å². The topological polar surface area (TPSA) is 12.0 Å². The van der Waals surface area contributed by atoms with Crippen LogP contribution in [0.1, 0.15) is 54.8 Å². The smallest absolute Gasteiger partial charge is 0.0328 e. The van der Waals surface area contributed by atoms with Gasteiger partial charge >= 0.3 is 0 Å². The van der Waals surface area contributed by atoms with Crippen molar-refractivity contribution in [2.24, 2.45) is 0 Å². The van der Waals surface area contributed by atoms with Crippen LogP contribution in [0.4, 0.5) is 0 Å². The Morgan fingerprint density at radius 1 is 1.11 bits per heavy atom. The molecule has 1 fully saturated rings. The lowest BCUT2D eigenvalue weighted by molar-refractivity contribution is 0.342. The van der Waals surface area contributed by atoms with E-state index in [2.05, 4.69) is 48.5 Å². The molecule has 0 heterocycles. The average molecular weight is 275 g/mol. The second kappa shape index (κ2) is 5.88. The maximum Gasteiger partial charge on any atom is 0.0328 e. The van der Waals surface area contributed by atoms with E-state index >= 15 is 0 Å². The maximum absolute atomic E-state index is 3.94. The van der Waals surface area contributed by atoms with Gasteiger partial charge in [0.15, 0.2) is 0 Å². The van der Waals surface area contributed by atoms with Crippen molar-refractivity contribution in [3.63, 3.8) is 0 Å². The Hall–Kier alpha value is -0.470. The molecule has 1 nitrogen and oxygen atoms in total. The lowest BCUT2D eigenvalue weighted by Gasteiger charge is -2.30. The highest BCUT2D eigenvalue weighted by molar-refractivity contribution is 7.99. The Labute approximate surface area is 121 Å². The normalized spacial score (nSPS) is 30.3. The van der Waals surface area contributed by atoms with Crippen LogP contribution >= 0.6 is 11.8 Å². The first-order valence-electron chi connectivity index (χ1n) is 7.64. The van der Waals surface area contributed by atoms with E-state index in [1.807, 2.05) is 0 Å². The molecule has 1 aromatic carbocycles. The van der Waals surface area contributed by atoms with Crippen molar-refractivity contribution in [3.8, 4) is 0 Å². The molecule has 104 valence electrons. The van der Waals surface area contributed by atoms with Crippen molar-refractivity contribution in [2.75, 3.05) is 6.26 Å². The Kier molecular flexibility index (Phi) is 4.18. The van der Waals surface area contributed by atoms with Crippen molar-refractivity contribution in [2.45, 2.75) is 62.8 Å². The molecule has 0 aromatic heterocycles. The van der Waals surface area contributed by atoms with E-state index in [0.717, 1.165) is 11.3 Å². The van der Waals surface area contributed by atoms with E-state index in [4.69, 9.17) is 0 Å². The van der Waals surface area contributed by atoms with Gasteiger partial charge in [-0.05, 0) is 62.8 Å². The SMILES string of the molecule is CSC1CCC(NC2CCc3ccc(C)cc32)CC1. The highest BCUT2D eigenvalue weighted by Gasteiger charge is 2.27. The predicted octanol–water partition coefficient (Wildman–Crippen LogP) is 4.25. The maximum atomic E-state index is 3.94. The van der Waals surface area contributed by atoms with Gasteiger partial charge < -0.3 is 5.32 Å². The second-order valence-electron chi connectivity index (χ2n) is 6.17. The largest absolute Gasteiger partial charge is 0.307 e. The van der Waals surface area contributed by atoms with E-state index in [-0.39, 0.29) is 0 Å². The molecule has 1 saturated carbocycles. The van der Waals surface area contributed by atoms with Crippen LogP contribution in [0.2, 0.25) is 0 Å². The molecule has 19 heavy (non-hydrogen) atoms. The van der Waals surface area contributed by atoms with Crippen LogP contribution in [-0.4, -0.2) is 17.5 Å². The van der Waals surface area contributed by atoms with Gasteiger partial charge in [-0.2, -0.15) is 11.8 Å². The lowest BCUT2D eigenvalue weighted by Crippen LogP contribution is -2.35. The fourth-order valence-electron chi connectivity index (χ4n) is 3.64. The number of hydrogen-bond donors (Lipinski definition) is 1. The minimum absolute atomic E-state index is 0.616. The van der Waals surface area contributed by atoms with Crippen LogP contribution in [0, 0.1) is 6.92 Å². The molecule has 0 aliphatic heterocycles. The third-order valence-electron chi connectivity index (χ3n) is 4.82. The van der Waals surface area contributed by atoms with Crippen LogP contribution < -0.4 is 5.32 Å². The van der Waals surface area contributed by atoms with Crippen LogP contribution in [0.5, 0.6) is 0 Å². The fourth-order valence-corrected chi connectivity index (χ4v) is 4.39. The number of rotatable bonds is 3. The first kappa shape index (κ1) is 13.5. The van der Waals surface area contributed by atoms with Crippen LogP contribution in [-0.2, 0) is 6.42 Å². The Morgan fingerprint density at radius 2 is 1.89 bits per heavy atom. The zero-order valence-corrected chi connectivity index (χ0v) is 12.9. The highest BCUT2D eigenvalue weighted by Crippen LogP contribution is 2.34. The molecule has 0 bridgehead atoms. The summed E-state index contributed by atoms with van der Waals surface area (Å²) in [5.41, 5.74) is 4.55. The van der Waals surface area contributed by atoms with E-state index < -0.39 is 0 Å². The monoisotopic (exact) mass is 275 g/mol. The molecular formula is C17H25NS. The predicted molar refractivity (Wildman–Crippen MR) is 84.9 cm³/mol. The number of hydrogen-bond acceptors (Lipinski definition) is 2. The molecule has 2 aliphatic carbocycles. The van der Waals surface area contributed by atoms with Gasteiger partial charge in [-0.1, -0.05) is 23.8 Å². The van der Waals surface area contributed by atoms with Gasteiger partial charge in [-0.25, -0.2) is 0 Å². The van der Waals surface area contributed by atoms with E-state index in [9.17, 15) is 0 Å². The van der Waals surface area contributed by atoms with E-state index in [1.165, 1.54) is 44.1 Å². The summed E-state index contributed by atoms with van der Waals surface area (Å²) >= 11 is 2.05. The molecule has 0 saturated heterocycles. The van der Waals surface area contributed by atoms with Gasteiger partial charge in [-0.15, -0.1) is 0 Å². The zero-order chi connectivity index (χ0) is 13.2. The van der Waals surface area contributed by atoms with Gasteiger partial charge in [0, 0.05) is 17.3 Å². The number of aryl methyl sites for hydroxylation is 2. The summed E-state index contributed by atoms with van der Waals surface area (Å²) in [5.74, 6) is 0. The van der Waals surface area contributed by atoms with Crippen molar-refractivity contribution in [1.29, 1.82) is 0 Å². The van der Waals surface area contributed by atoms with Gasteiger partial charge in [0.2, 0.25) is 0 Å². The van der Waals surface area contributed by atoms with Crippen LogP contribution in [0.15, 0.2) is 18.2 Å². The molecule has 0 spiro atoms. The molecule has 3 rings (SSSR count). The Balaban J connectivity index is 1.62. The molecule has 1 aromatic rings. The fraction of sp³-hybridized carbons (Fsp3) is 0.647. The summed E-state index contributed by atoms with van der Waals surface area (Å²) in [6, 6.07) is 8.35. The zero-order valence-electron chi connectivity index (χ0n) is 12.1. The van der Waals surface area contributed by atoms with E-state index in [1.54, 1.807) is 11.1 Å². The molecule has 1 atom stereocenters. The lowest BCUT2D eigenvalue weighted by atomic mass is 9.93. The quantitative estimate of drug-likeness (QED) is 0.885. The number of nitrogens with one attached hydrogen (secondary N) is 1. The Bertz CT molecular complexity index is 435. The third-order valence-corrected chi connectivity index (χ3v) is 5.96. The second-order valence-corrected chi connectivity index (χ2v) is 7.31. The molecular weight excluding hydrogens is 250 g/mol. The molecule has 2 heteroatoms.